The van der Waals surface area contributed by atoms with Crippen LogP contribution in [0.1, 0.15) is 71.1 Å². The predicted molar refractivity (Wildman–Crippen MR) is 129 cm³/mol. The van der Waals surface area contributed by atoms with E-state index in [0.717, 1.165) is 5.56 Å². The van der Waals surface area contributed by atoms with Gasteiger partial charge in [-0.2, -0.15) is 26.3 Å². The van der Waals surface area contributed by atoms with Crippen LogP contribution >= 0.6 is 0 Å². The number of benzene rings is 2. The molecule has 0 unspecified atom stereocenters. The van der Waals surface area contributed by atoms with E-state index in [4.69, 9.17) is 14.2 Å². The van der Waals surface area contributed by atoms with Gasteiger partial charge in [0.25, 0.3) is 0 Å². The molecule has 13 heteroatoms. The average Bonchev–Trinajstić information content (AvgIpc) is 3.41. The van der Waals surface area contributed by atoms with Gasteiger partial charge in [0.1, 0.15) is 0 Å². The molecule has 0 saturated carbocycles. The average molecular weight is 572 g/mol. The largest absolute Gasteiger partial charge is 0.464 e. The Hall–Kier alpha value is -3.45. The highest BCUT2D eigenvalue weighted by molar-refractivity contribution is 5.86. The Morgan fingerprint density at radius 1 is 1.02 bits per heavy atom. The third kappa shape index (κ3) is 6.30. The van der Waals surface area contributed by atoms with Gasteiger partial charge in [-0.25, -0.2) is 9.48 Å². The van der Waals surface area contributed by atoms with E-state index in [1.165, 1.54) is 24.9 Å². The van der Waals surface area contributed by atoms with Gasteiger partial charge in [0, 0.05) is 5.92 Å². The second kappa shape index (κ2) is 11.6. The normalized spacial score (nSPS) is 21.6. The van der Waals surface area contributed by atoms with Gasteiger partial charge in [0.15, 0.2) is 12.0 Å². The maximum Gasteiger partial charge on any atom is 0.416 e. The number of halogens is 6. The number of ether oxygens (including phenoxy) is 3. The third-order valence-corrected chi connectivity index (χ3v) is 7.06. The second-order valence-electron chi connectivity index (χ2n) is 9.54. The Morgan fingerprint density at radius 2 is 1.65 bits per heavy atom. The molecule has 0 spiro atoms. The van der Waals surface area contributed by atoms with Gasteiger partial charge in [-0.15, -0.1) is 5.10 Å². The van der Waals surface area contributed by atoms with Crippen molar-refractivity contribution in [2.24, 2.45) is 5.92 Å². The summed E-state index contributed by atoms with van der Waals surface area (Å²) in [5, 5.41) is 7.89. The molecule has 1 aliphatic heterocycles. The fourth-order valence-electron chi connectivity index (χ4n) is 5.02. The first-order valence-electron chi connectivity index (χ1n) is 12.4. The van der Waals surface area contributed by atoms with Crippen LogP contribution in [-0.4, -0.2) is 41.0 Å². The molecule has 3 aromatic rings. The molecule has 0 aliphatic carbocycles. The fourth-order valence-corrected chi connectivity index (χ4v) is 5.02. The van der Waals surface area contributed by atoms with E-state index < -0.39 is 53.8 Å². The minimum atomic E-state index is -4.99. The molecule has 0 amide bonds. The molecule has 7 nitrogen and oxygen atoms in total. The van der Waals surface area contributed by atoms with Crippen LogP contribution in [0.2, 0.25) is 0 Å². The molecule has 5 atom stereocenters. The molecule has 2 heterocycles. The first-order chi connectivity index (χ1) is 18.8. The Morgan fingerprint density at radius 3 is 2.23 bits per heavy atom. The van der Waals surface area contributed by atoms with Crippen LogP contribution in [-0.2, 0) is 26.6 Å². The van der Waals surface area contributed by atoms with Crippen LogP contribution in [0.4, 0.5) is 26.3 Å². The van der Waals surface area contributed by atoms with Crippen molar-refractivity contribution in [1.82, 2.24) is 15.0 Å². The van der Waals surface area contributed by atoms with Crippen molar-refractivity contribution >= 4 is 5.97 Å². The lowest BCUT2D eigenvalue weighted by Crippen LogP contribution is -2.41. The molecular weight excluding hydrogens is 544 g/mol. The number of nitrogens with zero attached hydrogens (tertiary/aromatic N) is 3. The highest BCUT2D eigenvalue weighted by Crippen LogP contribution is 2.44. The van der Waals surface area contributed by atoms with E-state index in [1.54, 1.807) is 18.2 Å². The van der Waals surface area contributed by atoms with Gasteiger partial charge < -0.3 is 14.2 Å². The summed E-state index contributed by atoms with van der Waals surface area (Å²) < 4.78 is 99.0. The molecule has 1 fully saturated rings. The van der Waals surface area contributed by atoms with Crippen LogP contribution in [0.5, 0.6) is 0 Å². The molecule has 40 heavy (non-hydrogen) atoms. The second-order valence-corrected chi connectivity index (χ2v) is 9.54. The molecule has 216 valence electrons. The van der Waals surface area contributed by atoms with Crippen molar-refractivity contribution in [2.75, 3.05) is 13.7 Å². The maximum atomic E-state index is 13.5. The molecule has 0 N–H and O–H groups in total. The molecule has 1 aliphatic rings. The van der Waals surface area contributed by atoms with Crippen LogP contribution in [0.3, 0.4) is 0 Å². The Kier molecular flexibility index (Phi) is 8.55. The van der Waals surface area contributed by atoms with E-state index in [2.05, 4.69) is 10.3 Å². The number of hydrogen-bond donors (Lipinski definition) is 0. The SMILES string of the molecule is COC(=O)c1cnnn1[C@H](C)[C@@H]1CCO[C@H](O[C@H](C)c2cc(C(F)(F)F)cc(C(F)(F)F)c2)[C@H]1c1ccccc1. The number of esters is 1. The summed E-state index contributed by atoms with van der Waals surface area (Å²) in [6.07, 6.45) is -10.4. The van der Waals surface area contributed by atoms with Crippen LogP contribution in [0, 0.1) is 5.92 Å². The number of carbonyl (C=O) groups is 1. The molecule has 1 saturated heterocycles. The zero-order valence-corrected chi connectivity index (χ0v) is 21.7. The van der Waals surface area contributed by atoms with Gasteiger partial charge in [-0.3, -0.25) is 0 Å². The van der Waals surface area contributed by atoms with Gasteiger partial charge in [-0.1, -0.05) is 35.5 Å². The van der Waals surface area contributed by atoms with E-state index >= 15 is 0 Å². The van der Waals surface area contributed by atoms with Crippen molar-refractivity contribution in [2.45, 2.75) is 57.0 Å². The van der Waals surface area contributed by atoms with E-state index in [0.29, 0.717) is 18.6 Å². The predicted octanol–water partition coefficient (Wildman–Crippen LogP) is 6.59. The van der Waals surface area contributed by atoms with Crippen LogP contribution in [0.15, 0.2) is 54.7 Å². The van der Waals surface area contributed by atoms with Gasteiger partial charge in [0.2, 0.25) is 0 Å². The van der Waals surface area contributed by atoms with Crippen LogP contribution < -0.4 is 0 Å². The Balaban J connectivity index is 1.70. The van der Waals surface area contributed by atoms with Gasteiger partial charge in [0.05, 0.1) is 43.2 Å². The Bertz CT molecular complexity index is 1280. The summed E-state index contributed by atoms with van der Waals surface area (Å²) in [6, 6.07) is 10.00. The monoisotopic (exact) mass is 571 g/mol. The lowest BCUT2D eigenvalue weighted by molar-refractivity contribution is -0.212. The summed E-state index contributed by atoms with van der Waals surface area (Å²) in [5.74, 6) is -1.42. The minimum absolute atomic E-state index is 0.0782. The van der Waals surface area contributed by atoms with E-state index in [-0.39, 0.29) is 29.8 Å². The zero-order valence-electron chi connectivity index (χ0n) is 21.7. The van der Waals surface area contributed by atoms with Gasteiger partial charge >= 0.3 is 18.3 Å². The molecular formula is C27H27F6N3O4. The lowest BCUT2D eigenvalue weighted by atomic mass is 9.77. The number of rotatable bonds is 7. The van der Waals surface area contributed by atoms with Crippen molar-refractivity contribution < 1.29 is 45.3 Å². The Labute approximate surface area is 226 Å². The number of carbonyl (C=O) groups excluding carboxylic acids is 1. The van der Waals surface area contributed by atoms with Crippen LogP contribution in [0.25, 0.3) is 0 Å². The summed E-state index contributed by atoms with van der Waals surface area (Å²) in [7, 11) is 1.23. The summed E-state index contributed by atoms with van der Waals surface area (Å²) >= 11 is 0. The molecule has 4 rings (SSSR count). The highest BCUT2D eigenvalue weighted by Gasteiger charge is 2.42. The number of alkyl halides is 6. The van der Waals surface area contributed by atoms with Gasteiger partial charge in [-0.05, 0) is 55.5 Å². The van der Waals surface area contributed by atoms with Crippen molar-refractivity contribution in [3.8, 4) is 0 Å². The molecule has 0 bridgehead atoms. The highest BCUT2D eigenvalue weighted by atomic mass is 19.4. The summed E-state index contributed by atoms with van der Waals surface area (Å²) in [5.41, 5.74) is -2.24. The number of aromatic nitrogens is 3. The quantitative estimate of drug-likeness (QED) is 0.235. The zero-order chi connectivity index (χ0) is 29.2. The van der Waals surface area contributed by atoms with Crippen molar-refractivity contribution in [3.63, 3.8) is 0 Å². The van der Waals surface area contributed by atoms with Crippen molar-refractivity contribution in [1.29, 1.82) is 0 Å². The summed E-state index contributed by atoms with van der Waals surface area (Å²) in [4.78, 5) is 12.3. The standard InChI is InChI=1S/C27H27F6N3O4/c1-15(36-22(14-34-35-36)24(37)38-3)21-9-10-39-25(23(21)17-7-5-4-6-8-17)40-16(2)18-11-19(26(28,29)30)13-20(12-18)27(31,32)33/h4-8,11-16,21,23,25H,9-10H2,1-3H3/t15-,16-,21+,23+,25-/m1/s1. The lowest BCUT2D eigenvalue weighted by Gasteiger charge is -2.42. The first-order valence-corrected chi connectivity index (χ1v) is 12.4. The summed E-state index contributed by atoms with van der Waals surface area (Å²) in [6.45, 7) is 3.39. The molecule has 0 radical (unpaired) electrons. The fraction of sp³-hybridized carbons (Fsp3) is 0.444. The smallest absolute Gasteiger partial charge is 0.416 e. The number of methoxy groups -OCH3 is 1. The third-order valence-electron chi connectivity index (χ3n) is 7.06. The van der Waals surface area contributed by atoms with E-state index in [9.17, 15) is 31.1 Å². The topological polar surface area (TPSA) is 75.5 Å². The van der Waals surface area contributed by atoms with E-state index in [1.807, 2.05) is 19.1 Å². The molecule has 2 aromatic carbocycles. The van der Waals surface area contributed by atoms with Crippen molar-refractivity contribution in [3.05, 3.63) is 82.7 Å². The molecule has 1 aromatic heterocycles. The first kappa shape index (κ1) is 29.5. The minimum Gasteiger partial charge on any atom is -0.464 e. The maximum absolute atomic E-state index is 13.5. The number of hydrogen-bond acceptors (Lipinski definition) is 6.